The van der Waals surface area contributed by atoms with Crippen LogP contribution in [0.25, 0.3) is 6.08 Å². The normalized spacial score (nSPS) is 22.7. The van der Waals surface area contributed by atoms with Gasteiger partial charge in [-0.05, 0) is 36.6 Å². The Balaban J connectivity index is 1.87. The SMILES string of the molecule is COc1ccc(C=CC(=O)NC2CCCCC2O)cc1. The van der Waals surface area contributed by atoms with Crippen LogP contribution < -0.4 is 10.1 Å². The lowest BCUT2D eigenvalue weighted by atomic mass is 9.92. The number of ether oxygens (including phenoxy) is 1. The third-order valence-corrected chi connectivity index (χ3v) is 3.60. The van der Waals surface area contributed by atoms with Gasteiger partial charge >= 0.3 is 0 Å². The molecule has 4 nitrogen and oxygen atoms in total. The molecule has 2 N–H and O–H groups in total. The third kappa shape index (κ3) is 4.10. The summed E-state index contributed by atoms with van der Waals surface area (Å²) in [5.41, 5.74) is 0.935. The first kappa shape index (κ1) is 14.6. The first-order valence-electron chi connectivity index (χ1n) is 7.00. The first-order chi connectivity index (χ1) is 9.69. The fourth-order valence-corrected chi connectivity index (χ4v) is 2.40. The van der Waals surface area contributed by atoms with E-state index in [1.165, 1.54) is 6.08 Å². The van der Waals surface area contributed by atoms with E-state index >= 15 is 0 Å². The Morgan fingerprint density at radius 1 is 1.30 bits per heavy atom. The summed E-state index contributed by atoms with van der Waals surface area (Å²) >= 11 is 0. The van der Waals surface area contributed by atoms with Gasteiger partial charge in [-0.25, -0.2) is 0 Å². The van der Waals surface area contributed by atoms with E-state index in [0.717, 1.165) is 37.0 Å². The molecule has 0 radical (unpaired) electrons. The maximum Gasteiger partial charge on any atom is 0.244 e. The van der Waals surface area contributed by atoms with Crippen LogP contribution in [0, 0.1) is 0 Å². The van der Waals surface area contributed by atoms with Gasteiger partial charge in [0.2, 0.25) is 5.91 Å². The summed E-state index contributed by atoms with van der Waals surface area (Å²) in [5, 5.41) is 12.7. The van der Waals surface area contributed by atoms with Crippen LogP contribution in [0.1, 0.15) is 31.2 Å². The van der Waals surface area contributed by atoms with E-state index in [4.69, 9.17) is 4.74 Å². The van der Waals surface area contributed by atoms with Crippen molar-refractivity contribution in [2.24, 2.45) is 0 Å². The van der Waals surface area contributed by atoms with Gasteiger partial charge in [0.1, 0.15) is 5.75 Å². The fraction of sp³-hybridized carbons (Fsp3) is 0.438. The molecule has 4 heteroatoms. The van der Waals surface area contributed by atoms with Gasteiger partial charge in [0.25, 0.3) is 0 Å². The van der Waals surface area contributed by atoms with Crippen molar-refractivity contribution in [3.05, 3.63) is 35.9 Å². The summed E-state index contributed by atoms with van der Waals surface area (Å²) in [4.78, 5) is 11.8. The largest absolute Gasteiger partial charge is 0.497 e. The average molecular weight is 275 g/mol. The van der Waals surface area contributed by atoms with Crippen molar-refractivity contribution in [3.8, 4) is 5.75 Å². The second-order valence-electron chi connectivity index (χ2n) is 5.07. The minimum absolute atomic E-state index is 0.114. The van der Waals surface area contributed by atoms with Crippen LogP contribution in [0.2, 0.25) is 0 Å². The molecule has 0 aromatic heterocycles. The molecule has 0 saturated heterocycles. The van der Waals surface area contributed by atoms with Crippen LogP contribution in [0.15, 0.2) is 30.3 Å². The van der Waals surface area contributed by atoms with Crippen molar-refractivity contribution in [2.45, 2.75) is 37.8 Å². The number of hydrogen-bond acceptors (Lipinski definition) is 3. The molecule has 1 aromatic rings. The van der Waals surface area contributed by atoms with Gasteiger partial charge in [-0.3, -0.25) is 4.79 Å². The monoisotopic (exact) mass is 275 g/mol. The number of carbonyl (C=O) groups is 1. The molecule has 0 aliphatic heterocycles. The quantitative estimate of drug-likeness (QED) is 0.828. The lowest BCUT2D eigenvalue weighted by Crippen LogP contribution is -2.44. The van der Waals surface area contributed by atoms with Crippen LogP contribution in [0.4, 0.5) is 0 Å². The van der Waals surface area contributed by atoms with Crippen molar-refractivity contribution < 1.29 is 14.6 Å². The molecule has 1 aromatic carbocycles. The van der Waals surface area contributed by atoms with E-state index in [1.54, 1.807) is 13.2 Å². The highest BCUT2D eigenvalue weighted by Gasteiger charge is 2.23. The van der Waals surface area contributed by atoms with Crippen LogP contribution in [0.3, 0.4) is 0 Å². The summed E-state index contributed by atoms with van der Waals surface area (Å²) in [7, 11) is 1.62. The van der Waals surface area contributed by atoms with Crippen LogP contribution >= 0.6 is 0 Å². The maximum absolute atomic E-state index is 11.8. The van der Waals surface area contributed by atoms with E-state index in [1.807, 2.05) is 24.3 Å². The number of methoxy groups -OCH3 is 1. The molecular weight excluding hydrogens is 254 g/mol. The maximum atomic E-state index is 11.8. The van der Waals surface area contributed by atoms with Gasteiger partial charge in [0.05, 0.1) is 19.3 Å². The molecule has 1 aliphatic carbocycles. The summed E-state index contributed by atoms with van der Waals surface area (Å²) in [5.74, 6) is 0.628. The fourth-order valence-electron chi connectivity index (χ4n) is 2.40. The van der Waals surface area contributed by atoms with Crippen molar-refractivity contribution in [2.75, 3.05) is 7.11 Å². The third-order valence-electron chi connectivity index (χ3n) is 3.60. The number of rotatable bonds is 4. The van der Waals surface area contributed by atoms with Crippen molar-refractivity contribution >= 4 is 12.0 Å². The van der Waals surface area contributed by atoms with Crippen LogP contribution in [-0.4, -0.2) is 30.3 Å². The number of aliphatic hydroxyl groups excluding tert-OH is 1. The van der Waals surface area contributed by atoms with E-state index in [2.05, 4.69) is 5.32 Å². The lowest BCUT2D eigenvalue weighted by molar-refractivity contribution is -0.118. The summed E-state index contributed by atoms with van der Waals surface area (Å²) in [6.45, 7) is 0. The molecule has 0 spiro atoms. The Morgan fingerprint density at radius 2 is 2.00 bits per heavy atom. The Labute approximate surface area is 119 Å². The first-order valence-corrected chi connectivity index (χ1v) is 7.00. The zero-order chi connectivity index (χ0) is 14.4. The summed E-state index contributed by atoms with van der Waals surface area (Å²) < 4.78 is 5.08. The molecule has 108 valence electrons. The number of aliphatic hydroxyl groups is 1. The van der Waals surface area contributed by atoms with Crippen LogP contribution in [-0.2, 0) is 4.79 Å². The van der Waals surface area contributed by atoms with Gasteiger partial charge in [-0.1, -0.05) is 25.0 Å². The lowest BCUT2D eigenvalue weighted by Gasteiger charge is -2.27. The Bertz CT molecular complexity index is 467. The molecule has 2 unspecified atom stereocenters. The standard InChI is InChI=1S/C16H21NO3/c1-20-13-9-6-12(7-10-13)8-11-16(19)17-14-4-2-3-5-15(14)18/h6-11,14-15,18H,2-5H2,1H3,(H,17,19). The number of hydrogen-bond donors (Lipinski definition) is 2. The Kier molecular flexibility index (Phi) is 5.18. The minimum atomic E-state index is -0.415. The number of nitrogens with one attached hydrogen (secondary N) is 1. The zero-order valence-electron chi connectivity index (χ0n) is 11.7. The highest BCUT2D eigenvalue weighted by molar-refractivity contribution is 5.91. The van der Waals surface area contributed by atoms with Crippen molar-refractivity contribution in [1.29, 1.82) is 0 Å². The zero-order valence-corrected chi connectivity index (χ0v) is 11.7. The highest BCUT2D eigenvalue weighted by atomic mass is 16.5. The molecule has 20 heavy (non-hydrogen) atoms. The van der Waals surface area contributed by atoms with Gasteiger partial charge in [0.15, 0.2) is 0 Å². The molecule has 1 aliphatic rings. The highest BCUT2D eigenvalue weighted by Crippen LogP contribution is 2.18. The molecular formula is C16H21NO3. The molecule has 2 rings (SSSR count). The molecule has 0 heterocycles. The minimum Gasteiger partial charge on any atom is -0.497 e. The number of carbonyl (C=O) groups excluding carboxylic acids is 1. The average Bonchev–Trinajstić information content (AvgIpc) is 2.48. The Morgan fingerprint density at radius 3 is 2.65 bits per heavy atom. The number of amides is 1. The topological polar surface area (TPSA) is 58.6 Å². The van der Waals surface area contributed by atoms with E-state index in [-0.39, 0.29) is 11.9 Å². The molecule has 0 bridgehead atoms. The van der Waals surface area contributed by atoms with E-state index in [0.29, 0.717) is 0 Å². The van der Waals surface area contributed by atoms with Crippen molar-refractivity contribution in [1.82, 2.24) is 5.32 Å². The number of benzene rings is 1. The summed E-state index contributed by atoms with van der Waals surface area (Å²) in [6, 6.07) is 7.36. The van der Waals surface area contributed by atoms with Crippen LogP contribution in [0.5, 0.6) is 5.75 Å². The van der Waals surface area contributed by atoms with Gasteiger partial charge in [-0.2, -0.15) is 0 Å². The van der Waals surface area contributed by atoms with E-state index in [9.17, 15) is 9.90 Å². The predicted octanol–water partition coefficient (Wildman–Crippen LogP) is 2.13. The van der Waals surface area contributed by atoms with Crippen molar-refractivity contribution in [3.63, 3.8) is 0 Å². The second-order valence-corrected chi connectivity index (χ2v) is 5.07. The summed E-state index contributed by atoms with van der Waals surface area (Å²) in [6.07, 6.45) is 6.56. The smallest absolute Gasteiger partial charge is 0.244 e. The van der Waals surface area contributed by atoms with Gasteiger partial charge < -0.3 is 15.2 Å². The molecule has 1 amide bonds. The Hall–Kier alpha value is -1.81. The second kappa shape index (κ2) is 7.10. The van der Waals surface area contributed by atoms with E-state index < -0.39 is 6.10 Å². The predicted molar refractivity (Wildman–Crippen MR) is 78.4 cm³/mol. The molecule has 2 atom stereocenters. The van der Waals surface area contributed by atoms with Gasteiger partial charge in [-0.15, -0.1) is 0 Å². The molecule has 1 saturated carbocycles. The van der Waals surface area contributed by atoms with Gasteiger partial charge in [0, 0.05) is 6.08 Å². The molecule has 1 fully saturated rings.